The van der Waals surface area contributed by atoms with Gasteiger partial charge in [-0.05, 0) is 104 Å². The molecule has 3 aromatic rings. The van der Waals surface area contributed by atoms with Gasteiger partial charge >= 0.3 is 0 Å². The van der Waals surface area contributed by atoms with Crippen molar-refractivity contribution in [3.8, 4) is 5.75 Å². The van der Waals surface area contributed by atoms with Gasteiger partial charge in [-0.1, -0.05) is 61.5 Å². The van der Waals surface area contributed by atoms with Crippen LogP contribution in [0.5, 0.6) is 5.75 Å². The second kappa shape index (κ2) is 13.1. The maximum Gasteiger partial charge on any atom is 0.228 e. The van der Waals surface area contributed by atoms with Gasteiger partial charge in [0.1, 0.15) is 12.4 Å². The summed E-state index contributed by atoms with van der Waals surface area (Å²) in [7, 11) is 2.07. The zero-order chi connectivity index (χ0) is 27.0. The lowest BCUT2D eigenvalue weighted by Gasteiger charge is -2.18. The van der Waals surface area contributed by atoms with Crippen molar-refractivity contribution in [1.82, 2.24) is 9.80 Å². The van der Waals surface area contributed by atoms with Crippen LogP contribution in [0, 0.1) is 5.92 Å². The van der Waals surface area contributed by atoms with Crippen molar-refractivity contribution < 1.29 is 9.53 Å². The van der Waals surface area contributed by atoms with E-state index in [0.29, 0.717) is 0 Å². The van der Waals surface area contributed by atoms with E-state index < -0.39 is 0 Å². The van der Waals surface area contributed by atoms with E-state index in [9.17, 15) is 4.79 Å². The molecule has 1 N–H and O–H groups in total. The Morgan fingerprint density at radius 1 is 0.872 bits per heavy atom. The minimum Gasteiger partial charge on any atom is -0.492 e. The number of allylic oxidation sites excluding steroid dienone is 1. The standard InChI is InChI=1S/C34H41N3O2/c1-3-32(26-9-5-4-6-10-26)33(28-13-17-31(18-14-28)39-24-23-37-20-7-8-21-37)27-11-15-30(16-12-27)35-34(38)29-19-22-36(2)25-29/h4-6,9-18,29H,3,7-8,19-25H2,1-2H3,(H,35,38)/b33-32+. The van der Waals surface area contributed by atoms with Gasteiger partial charge in [0.2, 0.25) is 5.91 Å². The first kappa shape index (κ1) is 27.2. The molecule has 1 unspecified atom stereocenters. The van der Waals surface area contributed by atoms with Crippen molar-refractivity contribution in [3.05, 3.63) is 95.6 Å². The summed E-state index contributed by atoms with van der Waals surface area (Å²) >= 11 is 0. The van der Waals surface area contributed by atoms with Crippen LogP contribution in [0.4, 0.5) is 5.69 Å². The Morgan fingerprint density at radius 3 is 2.15 bits per heavy atom. The highest BCUT2D eigenvalue weighted by Crippen LogP contribution is 2.35. The number of hydrogen-bond acceptors (Lipinski definition) is 4. The molecule has 0 aromatic heterocycles. The summed E-state index contributed by atoms with van der Waals surface area (Å²) in [4.78, 5) is 17.4. The average molecular weight is 524 g/mol. The molecule has 2 fully saturated rings. The predicted molar refractivity (Wildman–Crippen MR) is 161 cm³/mol. The van der Waals surface area contributed by atoms with Crippen LogP contribution in [0.25, 0.3) is 11.1 Å². The van der Waals surface area contributed by atoms with Crippen LogP contribution in [-0.2, 0) is 4.79 Å². The maximum atomic E-state index is 12.8. The molecule has 204 valence electrons. The number of amides is 1. The lowest BCUT2D eigenvalue weighted by atomic mass is 9.88. The van der Waals surface area contributed by atoms with Gasteiger partial charge in [0, 0.05) is 18.8 Å². The number of rotatable bonds is 10. The Kier molecular flexibility index (Phi) is 9.12. The van der Waals surface area contributed by atoms with E-state index in [4.69, 9.17) is 4.74 Å². The molecule has 0 aliphatic carbocycles. The lowest BCUT2D eigenvalue weighted by molar-refractivity contribution is -0.119. The second-order valence-corrected chi connectivity index (χ2v) is 10.8. The zero-order valence-electron chi connectivity index (χ0n) is 23.4. The molecule has 1 atom stereocenters. The summed E-state index contributed by atoms with van der Waals surface area (Å²) in [5.74, 6) is 1.08. The van der Waals surface area contributed by atoms with Gasteiger partial charge in [0.05, 0.1) is 5.92 Å². The third-order valence-electron chi connectivity index (χ3n) is 8.00. The van der Waals surface area contributed by atoms with Gasteiger partial charge in [-0.3, -0.25) is 9.69 Å². The second-order valence-electron chi connectivity index (χ2n) is 10.8. The van der Waals surface area contributed by atoms with Crippen LogP contribution in [-0.4, -0.2) is 62.1 Å². The molecule has 2 saturated heterocycles. The van der Waals surface area contributed by atoms with Crippen LogP contribution < -0.4 is 10.1 Å². The van der Waals surface area contributed by atoms with E-state index in [-0.39, 0.29) is 11.8 Å². The normalized spacial score (nSPS) is 18.7. The molecule has 39 heavy (non-hydrogen) atoms. The molecule has 0 bridgehead atoms. The van der Waals surface area contributed by atoms with Gasteiger partial charge in [0.15, 0.2) is 0 Å². The quantitative estimate of drug-likeness (QED) is 0.312. The van der Waals surface area contributed by atoms with Gasteiger partial charge < -0.3 is 15.0 Å². The topological polar surface area (TPSA) is 44.8 Å². The Bertz CT molecular complexity index is 1250. The minimum atomic E-state index is 0.0611. The molecule has 0 spiro atoms. The van der Waals surface area contributed by atoms with Crippen molar-refractivity contribution >= 4 is 22.7 Å². The van der Waals surface area contributed by atoms with Crippen LogP contribution in [0.15, 0.2) is 78.9 Å². The number of likely N-dealkylation sites (tertiary alicyclic amines) is 2. The number of carbonyl (C=O) groups is 1. The Balaban J connectivity index is 1.37. The van der Waals surface area contributed by atoms with Crippen LogP contribution in [0.3, 0.4) is 0 Å². The molecule has 0 radical (unpaired) electrons. The molecule has 1 amide bonds. The van der Waals surface area contributed by atoms with E-state index in [1.54, 1.807) is 0 Å². The average Bonchev–Trinajstić information content (AvgIpc) is 3.65. The molecule has 3 aromatic carbocycles. The smallest absolute Gasteiger partial charge is 0.228 e. The zero-order valence-corrected chi connectivity index (χ0v) is 23.4. The fourth-order valence-electron chi connectivity index (χ4n) is 5.81. The highest BCUT2D eigenvalue weighted by Gasteiger charge is 2.26. The number of anilines is 1. The summed E-state index contributed by atoms with van der Waals surface area (Å²) in [5.41, 5.74) is 6.87. The Morgan fingerprint density at radius 2 is 1.54 bits per heavy atom. The summed E-state index contributed by atoms with van der Waals surface area (Å²) < 4.78 is 6.08. The van der Waals surface area contributed by atoms with Crippen molar-refractivity contribution in [2.75, 3.05) is 51.7 Å². The maximum absolute atomic E-state index is 12.8. The largest absolute Gasteiger partial charge is 0.492 e. The number of benzene rings is 3. The van der Waals surface area contributed by atoms with E-state index >= 15 is 0 Å². The summed E-state index contributed by atoms with van der Waals surface area (Å²) in [6, 6.07) is 27.5. The summed E-state index contributed by atoms with van der Waals surface area (Å²) in [6.45, 7) is 8.11. The lowest BCUT2D eigenvalue weighted by Crippen LogP contribution is -2.25. The SMILES string of the molecule is CC/C(=C(/c1ccc(NC(=O)C2CCN(C)C2)cc1)c1ccc(OCCN2CCCC2)cc1)c1ccccc1. The number of ether oxygens (including phenoxy) is 1. The molecule has 5 heteroatoms. The van der Waals surface area contributed by atoms with Gasteiger partial charge in [-0.2, -0.15) is 0 Å². The Labute approximate surface area is 233 Å². The van der Waals surface area contributed by atoms with Crippen molar-refractivity contribution in [2.45, 2.75) is 32.6 Å². The number of hydrogen-bond donors (Lipinski definition) is 1. The van der Waals surface area contributed by atoms with E-state index in [2.05, 4.69) is 95.8 Å². The summed E-state index contributed by atoms with van der Waals surface area (Å²) in [6.07, 6.45) is 4.43. The van der Waals surface area contributed by atoms with E-state index in [0.717, 1.165) is 61.6 Å². The van der Waals surface area contributed by atoms with Crippen LogP contribution in [0.1, 0.15) is 49.3 Å². The first-order valence-corrected chi connectivity index (χ1v) is 14.4. The van der Waals surface area contributed by atoms with Crippen LogP contribution >= 0.6 is 0 Å². The Hall–Kier alpha value is -3.41. The molecule has 2 aliphatic rings. The minimum absolute atomic E-state index is 0.0611. The first-order chi connectivity index (χ1) is 19.1. The highest BCUT2D eigenvalue weighted by atomic mass is 16.5. The van der Waals surface area contributed by atoms with Crippen molar-refractivity contribution in [3.63, 3.8) is 0 Å². The molecular weight excluding hydrogens is 482 g/mol. The molecule has 2 aliphatic heterocycles. The molecule has 5 rings (SSSR count). The molecular formula is C34H41N3O2. The van der Waals surface area contributed by atoms with Gasteiger partial charge in [-0.25, -0.2) is 0 Å². The van der Waals surface area contributed by atoms with Crippen LogP contribution in [0.2, 0.25) is 0 Å². The fourth-order valence-corrected chi connectivity index (χ4v) is 5.81. The predicted octanol–water partition coefficient (Wildman–Crippen LogP) is 6.42. The third-order valence-corrected chi connectivity index (χ3v) is 8.00. The fraction of sp³-hybridized carbons (Fsp3) is 0.382. The number of nitrogens with zero attached hydrogens (tertiary/aromatic N) is 2. The summed E-state index contributed by atoms with van der Waals surface area (Å²) in [5, 5.41) is 3.13. The number of nitrogens with one attached hydrogen (secondary N) is 1. The highest BCUT2D eigenvalue weighted by molar-refractivity contribution is 5.99. The first-order valence-electron chi connectivity index (χ1n) is 14.4. The monoisotopic (exact) mass is 523 g/mol. The number of carbonyl (C=O) groups excluding carboxylic acids is 1. The molecule has 5 nitrogen and oxygen atoms in total. The van der Waals surface area contributed by atoms with Crippen molar-refractivity contribution in [2.24, 2.45) is 5.92 Å². The molecule has 0 saturated carbocycles. The van der Waals surface area contributed by atoms with Gasteiger partial charge in [-0.15, -0.1) is 0 Å². The van der Waals surface area contributed by atoms with Gasteiger partial charge in [0.25, 0.3) is 0 Å². The van der Waals surface area contributed by atoms with E-state index in [1.165, 1.54) is 42.6 Å². The third kappa shape index (κ3) is 6.97. The molecule has 2 heterocycles. The van der Waals surface area contributed by atoms with Crippen molar-refractivity contribution in [1.29, 1.82) is 0 Å². The van der Waals surface area contributed by atoms with E-state index in [1.807, 2.05) is 12.1 Å².